The third-order valence-corrected chi connectivity index (χ3v) is 5.25. The first kappa shape index (κ1) is 17.6. The van der Waals surface area contributed by atoms with Gasteiger partial charge in [-0.1, -0.05) is 0 Å². The molecule has 1 N–H and O–H groups in total. The second kappa shape index (κ2) is 6.42. The number of thioether (sulfide) groups is 1. The second-order valence-corrected chi connectivity index (χ2v) is 7.55. The molecule has 0 fully saturated rings. The number of aromatic amines is 1. The van der Waals surface area contributed by atoms with Gasteiger partial charge in [-0.2, -0.15) is 28.6 Å². The molecule has 1 unspecified atom stereocenters. The van der Waals surface area contributed by atoms with Crippen LogP contribution in [-0.4, -0.2) is 30.5 Å². The molecule has 0 saturated carbocycles. The van der Waals surface area contributed by atoms with E-state index in [0.29, 0.717) is 35.5 Å². The lowest BCUT2D eigenvalue weighted by Crippen LogP contribution is -2.08. The van der Waals surface area contributed by atoms with Crippen molar-refractivity contribution < 1.29 is 13.2 Å². The van der Waals surface area contributed by atoms with Crippen LogP contribution in [0, 0.1) is 11.3 Å². The van der Waals surface area contributed by atoms with Crippen molar-refractivity contribution in [1.29, 1.82) is 5.26 Å². The average Bonchev–Trinajstić information content (AvgIpc) is 3.23. The van der Waals surface area contributed by atoms with Gasteiger partial charge in [-0.3, -0.25) is 10.1 Å². The van der Waals surface area contributed by atoms with Gasteiger partial charge in [0.2, 0.25) is 0 Å². The molecule has 1 atom stereocenters. The fraction of sp³-hybridized carbons (Fsp3) is 0.294. The summed E-state index contributed by atoms with van der Waals surface area (Å²) in [4.78, 5) is 4.03. The largest absolute Gasteiger partial charge is 0.442 e. The quantitative estimate of drug-likeness (QED) is 0.732. The maximum Gasteiger partial charge on any atom is 0.442 e. The van der Waals surface area contributed by atoms with Crippen LogP contribution >= 0.6 is 11.8 Å². The van der Waals surface area contributed by atoms with Crippen LogP contribution in [0.4, 0.5) is 13.2 Å². The maximum absolute atomic E-state index is 12.7. The number of nitrogens with zero attached hydrogens (tertiary/aromatic N) is 5. The van der Waals surface area contributed by atoms with Gasteiger partial charge in [-0.25, -0.2) is 4.68 Å². The Kier molecular flexibility index (Phi) is 4.19. The molecule has 1 aliphatic rings. The number of nitriles is 1. The Balaban J connectivity index is 1.70. The standard InChI is InChI=1S/C17H13F3N6S/c1-9(27-17(18,19)20)15-12-2-3-14-13(16(12)24-23-15)8-26(25-14)11-4-10(5-21)6-22-7-11/h4,6-9H,2-3H2,1H3,(H,23,24). The number of pyridine rings is 1. The van der Waals surface area contributed by atoms with E-state index in [1.165, 1.54) is 13.1 Å². The number of rotatable bonds is 3. The van der Waals surface area contributed by atoms with Gasteiger partial charge in [0.25, 0.3) is 0 Å². The molecule has 0 spiro atoms. The number of nitrogens with one attached hydrogen (secondary N) is 1. The third-order valence-electron chi connectivity index (χ3n) is 4.39. The lowest BCUT2D eigenvalue weighted by molar-refractivity contribution is -0.0333. The minimum atomic E-state index is -4.30. The Labute approximate surface area is 156 Å². The van der Waals surface area contributed by atoms with Gasteiger partial charge in [0.05, 0.1) is 39.8 Å². The molecule has 6 nitrogen and oxygen atoms in total. The second-order valence-electron chi connectivity index (χ2n) is 6.15. The van der Waals surface area contributed by atoms with Gasteiger partial charge >= 0.3 is 5.51 Å². The zero-order valence-corrected chi connectivity index (χ0v) is 14.9. The van der Waals surface area contributed by atoms with Crippen molar-refractivity contribution in [3.63, 3.8) is 0 Å². The lowest BCUT2D eigenvalue weighted by atomic mass is 9.93. The topological polar surface area (TPSA) is 83.2 Å². The molecule has 0 aromatic carbocycles. The number of fused-ring (bicyclic) bond motifs is 3. The zero-order chi connectivity index (χ0) is 19.2. The molecular formula is C17H13F3N6S. The summed E-state index contributed by atoms with van der Waals surface area (Å²) in [5.41, 5.74) is 0.291. The maximum atomic E-state index is 12.7. The van der Waals surface area contributed by atoms with Crippen LogP contribution in [0.5, 0.6) is 0 Å². The number of hydrogen-bond acceptors (Lipinski definition) is 5. The Morgan fingerprint density at radius 3 is 2.89 bits per heavy atom. The van der Waals surface area contributed by atoms with Gasteiger partial charge < -0.3 is 0 Å². The van der Waals surface area contributed by atoms with Crippen LogP contribution in [-0.2, 0) is 12.8 Å². The highest BCUT2D eigenvalue weighted by atomic mass is 32.2. The Morgan fingerprint density at radius 1 is 1.33 bits per heavy atom. The predicted molar refractivity (Wildman–Crippen MR) is 93.1 cm³/mol. The highest BCUT2D eigenvalue weighted by molar-refractivity contribution is 8.00. The molecule has 3 heterocycles. The van der Waals surface area contributed by atoms with Gasteiger partial charge in [-0.15, -0.1) is 0 Å². The van der Waals surface area contributed by atoms with Crippen molar-refractivity contribution in [3.8, 4) is 23.0 Å². The fourth-order valence-corrected chi connectivity index (χ4v) is 3.95. The van der Waals surface area contributed by atoms with E-state index in [4.69, 9.17) is 5.26 Å². The molecule has 10 heteroatoms. The average molecular weight is 390 g/mol. The van der Waals surface area contributed by atoms with Crippen LogP contribution in [0.25, 0.3) is 16.9 Å². The Hall–Kier alpha value is -2.80. The van der Waals surface area contributed by atoms with Gasteiger partial charge in [0.15, 0.2) is 0 Å². The van der Waals surface area contributed by atoms with Crippen LogP contribution in [0.2, 0.25) is 0 Å². The van der Waals surface area contributed by atoms with E-state index in [1.807, 2.05) is 6.07 Å². The molecule has 3 aromatic rings. The van der Waals surface area contributed by atoms with Crippen molar-refractivity contribution in [2.24, 2.45) is 0 Å². The molecule has 0 bridgehead atoms. The molecular weight excluding hydrogens is 377 g/mol. The first-order valence-electron chi connectivity index (χ1n) is 8.12. The molecule has 27 heavy (non-hydrogen) atoms. The molecule has 0 amide bonds. The van der Waals surface area contributed by atoms with Crippen LogP contribution < -0.4 is 0 Å². The number of halogens is 3. The molecule has 0 aliphatic heterocycles. The lowest BCUT2D eigenvalue weighted by Gasteiger charge is -2.16. The fourth-order valence-electron chi connectivity index (χ4n) is 3.23. The van der Waals surface area contributed by atoms with E-state index in [9.17, 15) is 13.2 Å². The monoisotopic (exact) mass is 390 g/mol. The number of H-pyrrole nitrogens is 1. The summed E-state index contributed by atoms with van der Waals surface area (Å²) >= 11 is -0.0562. The Morgan fingerprint density at radius 2 is 2.15 bits per heavy atom. The van der Waals surface area contributed by atoms with E-state index < -0.39 is 10.8 Å². The molecule has 138 valence electrons. The predicted octanol–water partition coefficient (Wildman–Crippen LogP) is 3.94. The van der Waals surface area contributed by atoms with Crippen molar-refractivity contribution in [2.45, 2.75) is 30.5 Å². The van der Waals surface area contributed by atoms with Gasteiger partial charge in [-0.05, 0) is 37.6 Å². The highest BCUT2D eigenvalue weighted by Crippen LogP contribution is 2.44. The summed E-state index contributed by atoms with van der Waals surface area (Å²) in [6.07, 6.45) is 6.02. The number of hydrogen-bond donors (Lipinski definition) is 1. The van der Waals surface area contributed by atoms with E-state index in [2.05, 4.69) is 20.3 Å². The minimum Gasteiger partial charge on any atom is -0.281 e. The van der Waals surface area contributed by atoms with Gasteiger partial charge in [0.1, 0.15) is 6.07 Å². The minimum absolute atomic E-state index is 0.0562. The van der Waals surface area contributed by atoms with E-state index >= 15 is 0 Å². The third kappa shape index (κ3) is 3.30. The summed E-state index contributed by atoms with van der Waals surface area (Å²) < 4.78 is 39.7. The van der Waals surface area contributed by atoms with Gasteiger partial charge in [0, 0.05) is 23.5 Å². The molecule has 3 aromatic heterocycles. The smallest absolute Gasteiger partial charge is 0.281 e. The van der Waals surface area contributed by atoms with E-state index in [1.54, 1.807) is 23.1 Å². The normalized spacial score (nSPS) is 14.3. The van der Waals surface area contributed by atoms with Crippen molar-refractivity contribution in [3.05, 3.63) is 47.2 Å². The summed E-state index contributed by atoms with van der Waals surface area (Å²) in [5.74, 6) is 0. The molecule has 4 rings (SSSR count). The van der Waals surface area contributed by atoms with Crippen LogP contribution in [0.1, 0.15) is 34.7 Å². The van der Waals surface area contributed by atoms with Crippen molar-refractivity contribution in [1.82, 2.24) is 25.0 Å². The summed E-state index contributed by atoms with van der Waals surface area (Å²) in [7, 11) is 0. The first-order valence-corrected chi connectivity index (χ1v) is 9.00. The Bertz CT molecular complexity index is 1050. The van der Waals surface area contributed by atoms with Crippen LogP contribution in [0.3, 0.4) is 0 Å². The molecule has 0 radical (unpaired) electrons. The van der Waals surface area contributed by atoms with Crippen LogP contribution in [0.15, 0.2) is 24.7 Å². The molecule has 1 aliphatic carbocycles. The highest BCUT2D eigenvalue weighted by Gasteiger charge is 2.35. The SMILES string of the molecule is CC(SC(F)(F)F)c1[nH]nc2c1CCc1nn(-c3cncc(C#N)c3)cc1-2. The summed E-state index contributed by atoms with van der Waals surface area (Å²) in [6, 6.07) is 3.70. The summed E-state index contributed by atoms with van der Waals surface area (Å²) in [5, 5.41) is 19.8. The number of aromatic nitrogens is 5. The van der Waals surface area contributed by atoms with E-state index in [-0.39, 0.29) is 11.8 Å². The zero-order valence-electron chi connectivity index (χ0n) is 14.1. The van der Waals surface area contributed by atoms with E-state index in [0.717, 1.165) is 16.8 Å². The summed E-state index contributed by atoms with van der Waals surface area (Å²) in [6.45, 7) is 1.52. The number of aryl methyl sites for hydroxylation is 1. The van der Waals surface area contributed by atoms with Crippen molar-refractivity contribution >= 4 is 11.8 Å². The first-order chi connectivity index (χ1) is 12.9. The van der Waals surface area contributed by atoms with Crippen molar-refractivity contribution in [2.75, 3.05) is 0 Å². The molecule has 0 saturated heterocycles. The number of alkyl halides is 3.